The van der Waals surface area contributed by atoms with Crippen molar-refractivity contribution in [1.29, 1.82) is 0 Å². The van der Waals surface area contributed by atoms with Crippen LogP contribution in [-0.4, -0.2) is 43.6 Å². The van der Waals surface area contributed by atoms with E-state index in [4.69, 9.17) is 10.2 Å². The van der Waals surface area contributed by atoms with Crippen molar-refractivity contribution in [3.8, 4) is 11.5 Å². The number of aromatic nitrogens is 2. The first kappa shape index (κ1) is 32.3. The summed E-state index contributed by atoms with van der Waals surface area (Å²) in [7, 11) is 0. The van der Waals surface area contributed by atoms with Crippen LogP contribution in [0.5, 0.6) is 11.5 Å². The second kappa shape index (κ2) is 15.6. The third-order valence-electron chi connectivity index (χ3n) is 5.81. The zero-order valence-electron chi connectivity index (χ0n) is 21.7. The number of benzene rings is 4. The molecule has 8 nitrogen and oxygen atoms in total. The van der Waals surface area contributed by atoms with Crippen LogP contribution in [0.15, 0.2) is 132 Å². The summed E-state index contributed by atoms with van der Waals surface area (Å²) >= 11 is 0. The number of nitrogens with zero attached hydrogens (tertiary/aromatic N) is 4. The van der Waals surface area contributed by atoms with Gasteiger partial charge in [0, 0.05) is 37.0 Å². The summed E-state index contributed by atoms with van der Waals surface area (Å²) in [6, 6.07) is 34.8. The van der Waals surface area contributed by atoms with Crippen LogP contribution in [0.3, 0.4) is 0 Å². The van der Waals surface area contributed by atoms with Gasteiger partial charge in [-0.1, -0.05) is 60.7 Å². The second-order valence-electron chi connectivity index (χ2n) is 8.47. The van der Waals surface area contributed by atoms with E-state index in [1.807, 2.05) is 109 Å². The monoisotopic (exact) mass is 591 g/mol. The standard InChI is InChI=1S/2C16H12N2O.Co.2H2O/c2*19-15-10-13-6-2-1-5-12(13)9-14(15)11-18-16-7-3-4-8-17-16;;;/h2*1-11,19H;;2*1H2/q;;+2;;. The van der Waals surface area contributed by atoms with Crippen LogP contribution in [0.4, 0.5) is 11.6 Å². The maximum absolute atomic E-state index is 8.01. The molecule has 1 radical (unpaired) electrons. The second-order valence-corrected chi connectivity index (χ2v) is 8.47. The zero-order chi connectivity index (χ0) is 26.2. The molecule has 41 heavy (non-hydrogen) atoms. The van der Waals surface area contributed by atoms with E-state index in [-0.39, 0.29) is 27.7 Å². The number of aliphatic imine (C=N–C) groups is 2. The Bertz CT molecular complexity index is 1620. The van der Waals surface area contributed by atoms with E-state index in [9.17, 15) is 0 Å². The molecule has 0 atom stereocenters. The van der Waals surface area contributed by atoms with Gasteiger partial charge in [0.25, 0.3) is 11.5 Å². The van der Waals surface area contributed by atoms with E-state index >= 15 is 0 Å². The Kier molecular flexibility index (Phi) is 12.3. The molecule has 4 aromatic carbocycles. The topological polar surface area (TPSA) is 156 Å². The molecule has 0 fully saturated rings. The summed E-state index contributed by atoms with van der Waals surface area (Å²) in [5, 5.41) is 20.4. The maximum Gasteiger partial charge on any atom is 2.00 e. The van der Waals surface area contributed by atoms with Gasteiger partial charge >= 0.3 is 16.8 Å². The average Bonchev–Trinajstić information content (AvgIpc) is 2.96. The molecule has 0 saturated heterocycles. The third-order valence-corrected chi connectivity index (χ3v) is 5.81. The van der Waals surface area contributed by atoms with E-state index in [0.29, 0.717) is 23.1 Å². The summed E-state index contributed by atoms with van der Waals surface area (Å²) in [4.78, 5) is 16.8. The first-order chi connectivity index (χ1) is 18.7. The van der Waals surface area contributed by atoms with Gasteiger partial charge in [-0.3, -0.25) is 0 Å². The van der Waals surface area contributed by atoms with E-state index < -0.39 is 0 Å². The molecule has 6 N–H and O–H groups in total. The van der Waals surface area contributed by atoms with E-state index in [0.717, 1.165) is 32.7 Å². The van der Waals surface area contributed by atoms with Gasteiger partial charge < -0.3 is 21.2 Å². The third kappa shape index (κ3) is 8.52. The van der Waals surface area contributed by atoms with Crippen LogP contribution in [0.1, 0.15) is 11.1 Å². The van der Waals surface area contributed by atoms with Crippen molar-refractivity contribution in [2.24, 2.45) is 9.98 Å². The minimum absolute atomic E-state index is 0. The number of pyridine rings is 2. The molecule has 0 aliphatic rings. The molecule has 2 heterocycles. The Labute approximate surface area is 247 Å². The Morgan fingerprint density at radius 3 is 1.17 bits per heavy atom. The Balaban J connectivity index is 0.000000267. The molecular weight excluding hydrogens is 563 g/mol. The van der Waals surface area contributed by atoms with E-state index in [2.05, 4.69) is 20.0 Å². The summed E-state index contributed by atoms with van der Waals surface area (Å²) in [5.74, 6) is 2.24. The molecule has 207 valence electrons. The molecule has 6 rings (SSSR count). The minimum Gasteiger partial charge on any atom is -0.870 e. The van der Waals surface area contributed by atoms with Crippen molar-refractivity contribution >= 4 is 45.6 Å². The van der Waals surface area contributed by atoms with Crippen LogP contribution in [0.2, 0.25) is 0 Å². The SMILES string of the molecule is [Co+2].[OH-].[OH-].[OH2+]c1cc2ccccc2cc1C=Nc1ccccn1.[OH2+]c1cc2ccccc2cc1C=Nc1ccccn1. The maximum atomic E-state index is 8.01. The molecule has 0 saturated carbocycles. The molecule has 0 unspecified atom stereocenters. The molecule has 0 aliphatic carbocycles. The summed E-state index contributed by atoms with van der Waals surface area (Å²) in [6.07, 6.45) is 6.79. The van der Waals surface area contributed by atoms with Crippen molar-refractivity contribution < 1.29 is 37.9 Å². The molecule has 2 aromatic heterocycles. The number of rotatable bonds is 4. The molecule has 0 bridgehead atoms. The molecule has 9 heteroatoms. The summed E-state index contributed by atoms with van der Waals surface area (Å²) in [6.45, 7) is 0. The first-order valence-electron chi connectivity index (χ1n) is 12.0. The van der Waals surface area contributed by atoms with Crippen LogP contribution in [-0.2, 0) is 16.8 Å². The summed E-state index contributed by atoms with van der Waals surface area (Å²) in [5.41, 5.74) is 1.59. The smallest absolute Gasteiger partial charge is 0.870 e. The number of hydrogen-bond donors (Lipinski definition) is 0. The molecule has 0 amide bonds. The fourth-order valence-corrected chi connectivity index (χ4v) is 3.86. The van der Waals surface area contributed by atoms with Crippen molar-refractivity contribution in [3.05, 3.63) is 133 Å². The van der Waals surface area contributed by atoms with E-state index in [1.165, 1.54) is 0 Å². The minimum atomic E-state index is 0. The molecule has 6 aromatic rings. The number of hydrogen-bond acceptors (Lipinski definition) is 6. The van der Waals surface area contributed by atoms with Gasteiger partial charge in [-0.2, -0.15) is 0 Å². The van der Waals surface area contributed by atoms with Crippen molar-refractivity contribution in [2.75, 3.05) is 0 Å². The van der Waals surface area contributed by atoms with Crippen LogP contribution in [0.25, 0.3) is 21.5 Å². The molecule has 0 aliphatic heterocycles. The quantitative estimate of drug-likeness (QED) is 0.170. The van der Waals surface area contributed by atoms with Gasteiger partial charge in [0.05, 0.1) is 11.1 Å². The Morgan fingerprint density at radius 1 is 0.488 bits per heavy atom. The van der Waals surface area contributed by atoms with Crippen LogP contribution >= 0.6 is 0 Å². The van der Waals surface area contributed by atoms with Gasteiger partial charge in [-0.15, -0.1) is 0 Å². The first-order valence-corrected chi connectivity index (χ1v) is 12.0. The molecular formula is C32H28CoN4O4+2. The predicted molar refractivity (Wildman–Crippen MR) is 161 cm³/mol. The summed E-state index contributed by atoms with van der Waals surface area (Å²) < 4.78 is 0. The Hall–Kier alpha value is -4.93. The average molecular weight is 592 g/mol. The van der Waals surface area contributed by atoms with Gasteiger partial charge in [0.2, 0.25) is 0 Å². The predicted octanol–water partition coefficient (Wildman–Crippen LogP) is 6.49. The van der Waals surface area contributed by atoms with Crippen molar-refractivity contribution in [2.45, 2.75) is 0 Å². The van der Waals surface area contributed by atoms with Gasteiger partial charge in [-0.05, 0) is 57.9 Å². The fraction of sp³-hybridized carbons (Fsp3) is 0. The van der Waals surface area contributed by atoms with Gasteiger partial charge in [-0.25, -0.2) is 20.0 Å². The van der Waals surface area contributed by atoms with Crippen LogP contribution < -0.4 is 0 Å². The van der Waals surface area contributed by atoms with Gasteiger partial charge in [0.15, 0.2) is 11.6 Å². The Morgan fingerprint density at radius 2 is 0.829 bits per heavy atom. The molecule has 0 spiro atoms. The zero-order valence-corrected chi connectivity index (χ0v) is 22.8. The van der Waals surface area contributed by atoms with Crippen molar-refractivity contribution in [1.82, 2.24) is 9.97 Å². The largest absolute Gasteiger partial charge is 2.00 e. The fourth-order valence-electron chi connectivity index (χ4n) is 3.86. The van der Waals surface area contributed by atoms with Gasteiger partial charge in [0.1, 0.15) is 0 Å². The normalized spacial score (nSPS) is 10.3. The number of fused-ring (bicyclic) bond motifs is 2. The van der Waals surface area contributed by atoms with E-state index in [1.54, 1.807) is 24.8 Å². The van der Waals surface area contributed by atoms with Crippen LogP contribution in [0, 0.1) is 0 Å². The van der Waals surface area contributed by atoms with Crippen molar-refractivity contribution in [3.63, 3.8) is 0 Å².